The van der Waals surface area contributed by atoms with Crippen molar-refractivity contribution >= 4 is 11.8 Å². The van der Waals surface area contributed by atoms with Crippen LogP contribution >= 0.6 is 11.8 Å². The van der Waals surface area contributed by atoms with Gasteiger partial charge < -0.3 is 5.11 Å². The maximum atomic E-state index is 9.68. The first-order valence-corrected chi connectivity index (χ1v) is 5.29. The molecule has 1 N–H and O–H groups in total. The number of hydrogen-bond acceptors (Lipinski definition) is 2. The lowest BCUT2D eigenvalue weighted by Crippen LogP contribution is -2.39. The van der Waals surface area contributed by atoms with Crippen LogP contribution in [0, 0.1) is 11.8 Å². The predicted molar refractivity (Wildman–Crippen MR) is 44.2 cm³/mol. The highest BCUT2D eigenvalue weighted by Crippen LogP contribution is 2.38. The van der Waals surface area contributed by atoms with Gasteiger partial charge in [-0.3, -0.25) is 0 Å². The third kappa shape index (κ3) is 1.08. The molecule has 1 saturated carbocycles. The Morgan fingerprint density at radius 1 is 1.20 bits per heavy atom. The molecule has 2 fully saturated rings. The first-order chi connectivity index (χ1) is 4.88. The SMILES string of the molecule is OC(C1CCC1)C1CSC1. The maximum Gasteiger partial charge on any atom is 0.0612 e. The van der Waals surface area contributed by atoms with Gasteiger partial charge in [-0.2, -0.15) is 11.8 Å². The molecule has 0 aromatic rings. The van der Waals surface area contributed by atoms with Crippen molar-refractivity contribution in [2.75, 3.05) is 11.5 Å². The lowest BCUT2D eigenvalue weighted by atomic mass is 9.77. The molecule has 1 saturated heterocycles. The van der Waals surface area contributed by atoms with Crippen LogP contribution < -0.4 is 0 Å². The van der Waals surface area contributed by atoms with Gasteiger partial charge in [-0.1, -0.05) is 6.42 Å². The Bertz CT molecular complexity index is 104. The van der Waals surface area contributed by atoms with Crippen molar-refractivity contribution < 1.29 is 5.11 Å². The second-order valence-corrected chi connectivity index (χ2v) is 4.55. The standard InChI is InChI=1S/C8H14OS/c9-8(6-2-1-3-6)7-4-10-5-7/h6-9H,1-5H2. The average Bonchev–Trinajstić information content (AvgIpc) is 1.52. The Hall–Kier alpha value is 0.310. The summed E-state index contributed by atoms with van der Waals surface area (Å²) in [4.78, 5) is 0. The fourth-order valence-corrected chi connectivity index (χ4v) is 2.52. The Morgan fingerprint density at radius 3 is 2.20 bits per heavy atom. The van der Waals surface area contributed by atoms with Crippen LogP contribution in [0.4, 0.5) is 0 Å². The maximum absolute atomic E-state index is 9.68. The predicted octanol–water partition coefficient (Wildman–Crippen LogP) is 1.51. The van der Waals surface area contributed by atoms with Gasteiger partial charge in [0.15, 0.2) is 0 Å². The van der Waals surface area contributed by atoms with E-state index in [9.17, 15) is 5.11 Å². The Kier molecular flexibility index (Phi) is 1.92. The van der Waals surface area contributed by atoms with Crippen molar-refractivity contribution in [3.8, 4) is 0 Å². The van der Waals surface area contributed by atoms with E-state index in [0.717, 1.165) is 0 Å². The zero-order chi connectivity index (χ0) is 6.97. The van der Waals surface area contributed by atoms with Gasteiger partial charge in [-0.15, -0.1) is 0 Å². The highest BCUT2D eigenvalue weighted by molar-refractivity contribution is 8.00. The molecule has 0 aromatic heterocycles. The van der Waals surface area contributed by atoms with Crippen molar-refractivity contribution in [1.82, 2.24) is 0 Å². The molecule has 10 heavy (non-hydrogen) atoms. The smallest absolute Gasteiger partial charge is 0.0612 e. The molecule has 1 atom stereocenters. The lowest BCUT2D eigenvalue weighted by molar-refractivity contribution is 0.0265. The summed E-state index contributed by atoms with van der Waals surface area (Å²) < 4.78 is 0. The second-order valence-electron chi connectivity index (χ2n) is 3.48. The minimum absolute atomic E-state index is 0.0509. The minimum Gasteiger partial charge on any atom is -0.392 e. The summed E-state index contributed by atoms with van der Waals surface area (Å²) in [5.74, 6) is 3.73. The van der Waals surface area contributed by atoms with Gasteiger partial charge in [-0.05, 0) is 30.3 Å². The monoisotopic (exact) mass is 158 g/mol. The van der Waals surface area contributed by atoms with Crippen LogP contribution in [0.15, 0.2) is 0 Å². The van der Waals surface area contributed by atoms with Crippen molar-refractivity contribution in [2.24, 2.45) is 11.8 Å². The molecular weight excluding hydrogens is 144 g/mol. The van der Waals surface area contributed by atoms with E-state index in [-0.39, 0.29) is 6.10 Å². The molecule has 0 aromatic carbocycles. The normalized spacial score (nSPS) is 30.9. The topological polar surface area (TPSA) is 20.2 Å². The van der Waals surface area contributed by atoms with Gasteiger partial charge in [-0.25, -0.2) is 0 Å². The van der Waals surface area contributed by atoms with E-state index in [1.807, 2.05) is 11.8 Å². The summed E-state index contributed by atoms with van der Waals surface area (Å²) in [5.41, 5.74) is 0. The van der Waals surface area contributed by atoms with Crippen LogP contribution in [0.3, 0.4) is 0 Å². The zero-order valence-corrected chi connectivity index (χ0v) is 6.94. The molecule has 0 spiro atoms. The summed E-state index contributed by atoms with van der Waals surface area (Å²) in [7, 11) is 0. The number of aliphatic hydroxyl groups excluding tert-OH is 1. The van der Waals surface area contributed by atoms with Crippen LogP contribution in [-0.2, 0) is 0 Å². The van der Waals surface area contributed by atoms with Crippen molar-refractivity contribution in [1.29, 1.82) is 0 Å². The minimum atomic E-state index is 0.0509. The molecule has 1 nitrogen and oxygen atoms in total. The largest absolute Gasteiger partial charge is 0.392 e. The zero-order valence-electron chi connectivity index (χ0n) is 6.12. The number of thioether (sulfide) groups is 1. The summed E-state index contributed by atoms with van der Waals surface area (Å²) in [6, 6.07) is 0. The Labute approximate surface area is 66.2 Å². The third-order valence-electron chi connectivity index (χ3n) is 2.78. The molecule has 2 heteroatoms. The molecule has 1 heterocycles. The number of rotatable bonds is 2. The van der Waals surface area contributed by atoms with Crippen LogP contribution in [0.25, 0.3) is 0 Å². The third-order valence-corrected chi connectivity index (χ3v) is 4.11. The second kappa shape index (κ2) is 2.74. The number of hydrogen-bond donors (Lipinski definition) is 1. The van der Waals surface area contributed by atoms with E-state index in [0.29, 0.717) is 11.8 Å². The van der Waals surface area contributed by atoms with Crippen LogP contribution in [0.5, 0.6) is 0 Å². The van der Waals surface area contributed by atoms with Crippen LogP contribution in [0.1, 0.15) is 19.3 Å². The lowest BCUT2D eigenvalue weighted by Gasteiger charge is -2.38. The van der Waals surface area contributed by atoms with E-state index < -0.39 is 0 Å². The van der Waals surface area contributed by atoms with Crippen molar-refractivity contribution in [3.05, 3.63) is 0 Å². The highest BCUT2D eigenvalue weighted by atomic mass is 32.2. The first kappa shape index (κ1) is 6.99. The van der Waals surface area contributed by atoms with Gasteiger partial charge in [0, 0.05) is 5.92 Å². The van der Waals surface area contributed by atoms with Crippen LogP contribution in [-0.4, -0.2) is 22.7 Å². The van der Waals surface area contributed by atoms with Gasteiger partial charge >= 0.3 is 0 Å². The molecule has 0 bridgehead atoms. The number of aliphatic hydroxyl groups is 1. The summed E-state index contributed by atoms with van der Waals surface area (Å²) in [6.07, 6.45) is 3.96. The van der Waals surface area contributed by atoms with Crippen molar-refractivity contribution in [2.45, 2.75) is 25.4 Å². The van der Waals surface area contributed by atoms with E-state index in [1.54, 1.807) is 0 Å². The molecular formula is C8H14OS. The fourth-order valence-electron chi connectivity index (χ4n) is 1.62. The van der Waals surface area contributed by atoms with E-state index in [4.69, 9.17) is 0 Å². The van der Waals surface area contributed by atoms with Gasteiger partial charge in [0.2, 0.25) is 0 Å². The molecule has 58 valence electrons. The summed E-state index contributed by atoms with van der Waals surface area (Å²) >= 11 is 1.97. The van der Waals surface area contributed by atoms with Gasteiger partial charge in [0.25, 0.3) is 0 Å². The molecule has 2 aliphatic rings. The highest BCUT2D eigenvalue weighted by Gasteiger charge is 2.34. The van der Waals surface area contributed by atoms with Crippen molar-refractivity contribution in [3.63, 3.8) is 0 Å². The fraction of sp³-hybridized carbons (Fsp3) is 1.00. The summed E-state index contributed by atoms with van der Waals surface area (Å²) in [5, 5.41) is 9.68. The molecule has 1 unspecified atom stereocenters. The van der Waals surface area contributed by atoms with E-state index in [1.165, 1.54) is 30.8 Å². The van der Waals surface area contributed by atoms with Gasteiger partial charge in [0.1, 0.15) is 0 Å². The van der Waals surface area contributed by atoms with Crippen LogP contribution in [0.2, 0.25) is 0 Å². The van der Waals surface area contributed by atoms with E-state index >= 15 is 0 Å². The Morgan fingerprint density at radius 2 is 1.90 bits per heavy atom. The van der Waals surface area contributed by atoms with E-state index in [2.05, 4.69) is 0 Å². The quantitative estimate of drug-likeness (QED) is 0.657. The molecule has 0 amide bonds. The molecule has 1 aliphatic heterocycles. The molecule has 0 radical (unpaired) electrons. The molecule has 1 aliphatic carbocycles. The molecule has 2 rings (SSSR count). The Balaban J connectivity index is 1.79. The average molecular weight is 158 g/mol. The summed E-state index contributed by atoms with van der Waals surface area (Å²) in [6.45, 7) is 0. The van der Waals surface area contributed by atoms with Gasteiger partial charge in [0.05, 0.1) is 6.10 Å². The first-order valence-electron chi connectivity index (χ1n) is 4.14.